The van der Waals surface area contributed by atoms with Crippen molar-refractivity contribution in [3.05, 3.63) is 89.0 Å². The van der Waals surface area contributed by atoms with Crippen LogP contribution in [-0.2, 0) is 17.1 Å². The standard InChI is InChI=1S/C24H20ClN3O2/c1-15(29)26-18-9-7-17(8-10-18)19-11-12-20-22(13-16-5-3-2-4-6-16)27-28-24(30)23(20)21(19)14-25/h2-12,22H,13-14H2,1H3,(H,26,29). The van der Waals surface area contributed by atoms with Gasteiger partial charge in [-0.2, -0.15) is 5.11 Å². The molecule has 3 aromatic rings. The van der Waals surface area contributed by atoms with Gasteiger partial charge in [-0.3, -0.25) is 9.59 Å². The SMILES string of the molecule is CC(=O)Nc1ccc(-c2ccc3c(c2CCl)C(=O)N=NC3Cc2ccccc2)cc1. The zero-order valence-corrected chi connectivity index (χ0v) is 17.2. The first-order chi connectivity index (χ1) is 14.6. The van der Waals surface area contributed by atoms with Gasteiger partial charge in [0, 0.05) is 24.9 Å². The van der Waals surface area contributed by atoms with Gasteiger partial charge in [0.05, 0.1) is 5.56 Å². The summed E-state index contributed by atoms with van der Waals surface area (Å²) in [4.78, 5) is 23.9. The Hall–Kier alpha value is -3.31. The van der Waals surface area contributed by atoms with Crippen LogP contribution in [0.4, 0.5) is 5.69 Å². The monoisotopic (exact) mass is 417 g/mol. The lowest BCUT2D eigenvalue weighted by molar-refractivity contribution is -0.114. The average Bonchev–Trinajstić information content (AvgIpc) is 2.76. The smallest absolute Gasteiger partial charge is 0.295 e. The molecule has 0 radical (unpaired) electrons. The highest BCUT2D eigenvalue weighted by Crippen LogP contribution is 2.38. The van der Waals surface area contributed by atoms with Crippen LogP contribution >= 0.6 is 11.6 Å². The molecule has 2 amide bonds. The molecule has 1 unspecified atom stereocenters. The fourth-order valence-corrected chi connectivity index (χ4v) is 4.04. The summed E-state index contributed by atoms with van der Waals surface area (Å²) in [5, 5.41) is 10.9. The molecule has 0 bridgehead atoms. The topological polar surface area (TPSA) is 70.9 Å². The highest BCUT2D eigenvalue weighted by Gasteiger charge is 2.28. The Morgan fingerprint density at radius 1 is 1.03 bits per heavy atom. The Balaban J connectivity index is 1.73. The van der Waals surface area contributed by atoms with E-state index in [1.807, 2.05) is 66.7 Å². The molecule has 0 spiro atoms. The molecule has 0 fully saturated rings. The predicted octanol–water partition coefficient (Wildman–Crippen LogP) is 5.94. The maximum Gasteiger partial charge on any atom is 0.295 e. The first-order valence-corrected chi connectivity index (χ1v) is 10.2. The van der Waals surface area contributed by atoms with Crippen LogP contribution in [0, 0.1) is 0 Å². The largest absolute Gasteiger partial charge is 0.326 e. The molecular weight excluding hydrogens is 398 g/mol. The molecule has 30 heavy (non-hydrogen) atoms. The van der Waals surface area contributed by atoms with Crippen LogP contribution in [-0.4, -0.2) is 11.8 Å². The van der Waals surface area contributed by atoms with Crippen molar-refractivity contribution in [3.63, 3.8) is 0 Å². The Morgan fingerprint density at radius 2 is 1.77 bits per heavy atom. The quantitative estimate of drug-likeness (QED) is 0.522. The van der Waals surface area contributed by atoms with Gasteiger partial charge >= 0.3 is 0 Å². The highest BCUT2D eigenvalue weighted by atomic mass is 35.5. The van der Waals surface area contributed by atoms with Crippen molar-refractivity contribution in [2.24, 2.45) is 10.2 Å². The van der Waals surface area contributed by atoms with Crippen LogP contribution < -0.4 is 5.32 Å². The number of halogens is 1. The third-order valence-electron chi connectivity index (χ3n) is 5.13. The number of rotatable bonds is 5. The number of nitrogens with zero attached hydrogens (tertiary/aromatic N) is 2. The van der Waals surface area contributed by atoms with Crippen molar-refractivity contribution in [2.75, 3.05) is 5.32 Å². The zero-order valence-electron chi connectivity index (χ0n) is 16.4. The van der Waals surface area contributed by atoms with Gasteiger partial charge in [-0.15, -0.1) is 16.7 Å². The van der Waals surface area contributed by atoms with Crippen LogP contribution in [0.1, 0.15) is 40.0 Å². The number of hydrogen-bond donors (Lipinski definition) is 1. The predicted molar refractivity (Wildman–Crippen MR) is 118 cm³/mol. The second-order valence-electron chi connectivity index (χ2n) is 7.17. The summed E-state index contributed by atoms with van der Waals surface area (Å²) in [6.07, 6.45) is 0.664. The third-order valence-corrected chi connectivity index (χ3v) is 5.39. The van der Waals surface area contributed by atoms with Crippen molar-refractivity contribution in [3.8, 4) is 11.1 Å². The van der Waals surface area contributed by atoms with Crippen molar-refractivity contribution in [2.45, 2.75) is 25.3 Å². The summed E-state index contributed by atoms with van der Waals surface area (Å²) in [5.74, 6) is -0.300. The summed E-state index contributed by atoms with van der Waals surface area (Å²) < 4.78 is 0. The van der Waals surface area contributed by atoms with E-state index < -0.39 is 0 Å². The molecule has 0 saturated carbocycles. The van der Waals surface area contributed by atoms with Gasteiger partial charge in [-0.25, -0.2) is 0 Å². The Kier molecular flexibility index (Phi) is 5.72. The first kappa shape index (κ1) is 20.0. The number of benzene rings is 3. The summed E-state index contributed by atoms with van der Waals surface area (Å²) in [5.41, 5.74) is 5.79. The van der Waals surface area contributed by atoms with Gasteiger partial charge in [0.2, 0.25) is 5.91 Å². The molecule has 0 saturated heterocycles. The molecule has 1 atom stereocenters. The van der Waals surface area contributed by atoms with Gasteiger partial charge in [-0.1, -0.05) is 54.6 Å². The minimum absolute atomic E-state index is 0.126. The normalized spacial score (nSPS) is 15.0. The fraction of sp³-hybridized carbons (Fsp3) is 0.167. The zero-order chi connectivity index (χ0) is 21.1. The molecule has 0 aromatic heterocycles. The number of alkyl halides is 1. The second-order valence-corrected chi connectivity index (χ2v) is 7.44. The fourth-order valence-electron chi connectivity index (χ4n) is 3.76. The lowest BCUT2D eigenvalue weighted by Gasteiger charge is -2.22. The van der Waals surface area contributed by atoms with Crippen molar-refractivity contribution in [1.29, 1.82) is 0 Å². The minimum atomic E-state index is -0.360. The molecule has 3 aromatic carbocycles. The summed E-state index contributed by atoms with van der Waals surface area (Å²) in [7, 11) is 0. The number of carbonyl (C=O) groups excluding carboxylic acids is 2. The van der Waals surface area contributed by atoms with Crippen LogP contribution in [0.15, 0.2) is 77.0 Å². The average molecular weight is 418 g/mol. The highest BCUT2D eigenvalue weighted by molar-refractivity contribution is 6.18. The van der Waals surface area contributed by atoms with Crippen LogP contribution in [0.5, 0.6) is 0 Å². The molecule has 1 aliphatic heterocycles. The number of amides is 2. The molecule has 150 valence electrons. The van der Waals surface area contributed by atoms with Crippen LogP contribution in [0.25, 0.3) is 11.1 Å². The van der Waals surface area contributed by atoms with E-state index in [4.69, 9.17) is 11.6 Å². The van der Waals surface area contributed by atoms with Crippen LogP contribution in [0.3, 0.4) is 0 Å². The Morgan fingerprint density at radius 3 is 2.43 bits per heavy atom. The van der Waals surface area contributed by atoms with E-state index in [9.17, 15) is 9.59 Å². The second kappa shape index (κ2) is 8.59. The first-order valence-electron chi connectivity index (χ1n) is 9.65. The van der Waals surface area contributed by atoms with E-state index in [1.54, 1.807) is 0 Å². The van der Waals surface area contributed by atoms with E-state index in [1.165, 1.54) is 6.92 Å². The number of anilines is 1. The van der Waals surface area contributed by atoms with Crippen molar-refractivity contribution >= 4 is 29.1 Å². The van der Waals surface area contributed by atoms with Crippen LogP contribution in [0.2, 0.25) is 0 Å². The maximum atomic E-state index is 12.7. The molecule has 1 aliphatic rings. The molecular formula is C24H20ClN3O2. The van der Waals surface area contributed by atoms with Crippen molar-refractivity contribution < 1.29 is 9.59 Å². The lowest BCUT2D eigenvalue weighted by atomic mass is 9.87. The number of azo groups is 1. The number of hydrogen-bond acceptors (Lipinski definition) is 3. The van der Waals surface area contributed by atoms with Gasteiger partial charge in [-0.05, 0) is 39.9 Å². The lowest BCUT2D eigenvalue weighted by Crippen LogP contribution is -2.15. The molecule has 1 N–H and O–H groups in total. The summed E-state index contributed by atoms with van der Waals surface area (Å²) in [6, 6.07) is 21.2. The van der Waals surface area contributed by atoms with E-state index in [-0.39, 0.29) is 23.7 Å². The van der Waals surface area contributed by atoms with Gasteiger partial charge in [0.15, 0.2) is 0 Å². The molecule has 5 nitrogen and oxygen atoms in total. The summed E-state index contributed by atoms with van der Waals surface area (Å²) >= 11 is 6.31. The van der Waals surface area contributed by atoms with E-state index in [2.05, 4.69) is 15.5 Å². The van der Waals surface area contributed by atoms with E-state index in [0.29, 0.717) is 17.7 Å². The minimum Gasteiger partial charge on any atom is -0.326 e. The summed E-state index contributed by atoms with van der Waals surface area (Å²) in [6.45, 7) is 1.47. The molecule has 6 heteroatoms. The van der Waals surface area contributed by atoms with Gasteiger partial charge in [0.25, 0.3) is 5.91 Å². The Labute approximate surface area is 179 Å². The van der Waals surface area contributed by atoms with E-state index in [0.717, 1.165) is 27.8 Å². The number of carbonyl (C=O) groups is 2. The van der Waals surface area contributed by atoms with Gasteiger partial charge < -0.3 is 5.32 Å². The molecule has 0 aliphatic carbocycles. The Bertz CT molecular complexity index is 1130. The van der Waals surface area contributed by atoms with Crippen molar-refractivity contribution in [1.82, 2.24) is 0 Å². The van der Waals surface area contributed by atoms with Gasteiger partial charge in [0.1, 0.15) is 6.04 Å². The van der Waals surface area contributed by atoms with E-state index >= 15 is 0 Å². The third kappa shape index (κ3) is 4.02. The number of nitrogens with one attached hydrogen (secondary N) is 1. The molecule has 4 rings (SSSR count). The maximum absolute atomic E-state index is 12.7. The number of fused-ring (bicyclic) bond motifs is 1. The molecule has 1 heterocycles.